The molecular weight excluding hydrogens is 409 g/mol. The van der Waals surface area contributed by atoms with Crippen LogP contribution in [-0.4, -0.2) is 36.3 Å². The van der Waals surface area contributed by atoms with Gasteiger partial charge in [0.1, 0.15) is 11.5 Å². The molecule has 0 radical (unpaired) electrons. The highest BCUT2D eigenvalue weighted by Crippen LogP contribution is 2.27. The van der Waals surface area contributed by atoms with Crippen molar-refractivity contribution in [1.29, 1.82) is 0 Å². The van der Waals surface area contributed by atoms with Gasteiger partial charge in [-0.05, 0) is 47.7 Å². The van der Waals surface area contributed by atoms with Crippen LogP contribution in [0.1, 0.15) is 27.9 Å². The highest BCUT2D eigenvalue weighted by atomic mass is 32.2. The normalized spacial score (nSPS) is 10.9. The third kappa shape index (κ3) is 4.20. The van der Waals surface area contributed by atoms with Crippen LogP contribution in [0.25, 0.3) is 5.69 Å². The Morgan fingerprint density at radius 1 is 1.23 bits per heavy atom. The Morgan fingerprint density at radius 3 is 2.80 bits per heavy atom. The average Bonchev–Trinajstić information content (AvgIpc) is 3.36. The SMILES string of the molecule is Cc1nc(CSc2ccccc2C(=O)Nc2ccc(F)c(-n3nnnc3C)c2)no1. The number of carbonyl (C=O) groups excluding carboxylic acids is 1. The molecule has 30 heavy (non-hydrogen) atoms. The molecule has 0 atom stereocenters. The topological polar surface area (TPSA) is 112 Å². The van der Waals surface area contributed by atoms with E-state index in [0.29, 0.717) is 34.5 Å². The fraction of sp³-hybridized carbons (Fsp3) is 0.158. The number of anilines is 1. The number of hydrogen-bond acceptors (Lipinski definition) is 8. The van der Waals surface area contributed by atoms with Crippen LogP contribution in [0.5, 0.6) is 0 Å². The van der Waals surface area contributed by atoms with E-state index in [0.717, 1.165) is 4.90 Å². The second-order valence-electron chi connectivity index (χ2n) is 6.27. The summed E-state index contributed by atoms with van der Waals surface area (Å²) in [5, 5.41) is 17.7. The molecule has 0 aliphatic rings. The third-order valence-corrected chi connectivity index (χ3v) is 5.19. The monoisotopic (exact) mass is 425 g/mol. The number of aromatic nitrogens is 6. The Morgan fingerprint density at radius 2 is 2.07 bits per heavy atom. The standard InChI is InChI=1S/C19H16FN7O2S/c1-11-23-25-26-27(11)16-9-13(7-8-15(16)20)22-19(28)14-5-3-4-6-17(14)30-10-18-21-12(2)29-24-18/h3-9H,10H2,1-2H3,(H,22,28). The lowest BCUT2D eigenvalue weighted by molar-refractivity contribution is 0.102. The van der Waals surface area contributed by atoms with E-state index in [1.54, 1.807) is 26.0 Å². The Bertz CT molecular complexity index is 1210. The number of halogens is 1. The van der Waals surface area contributed by atoms with Crippen LogP contribution in [0, 0.1) is 19.7 Å². The molecule has 0 unspecified atom stereocenters. The van der Waals surface area contributed by atoms with Crippen LogP contribution in [0.3, 0.4) is 0 Å². The van der Waals surface area contributed by atoms with Crippen molar-refractivity contribution < 1.29 is 13.7 Å². The zero-order valence-electron chi connectivity index (χ0n) is 16.0. The molecule has 2 aromatic carbocycles. The van der Waals surface area contributed by atoms with E-state index < -0.39 is 5.82 Å². The maximum Gasteiger partial charge on any atom is 0.256 e. The molecule has 0 aliphatic carbocycles. The number of hydrogen-bond donors (Lipinski definition) is 1. The number of nitrogens with one attached hydrogen (secondary N) is 1. The molecule has 0 fully saturated rings. The van der Waals surface area contributed by atoms with Gasteiger partial charge in [0.05, 0.1) is 11.3 Å². The fourth-order valence-electron chi connectivity index (χ4n) is 2.73. The largest absolute Gasteiger partial charge is 0.340 e. The van der Waals surface area contributed by atoms with Gasteiger partial charge in [-0.1, -0.05) is 17.3 Å². The van der Waals surface area contributed by atoms with Crippen LogP contribution in [0.4, 0.5) is 10.1 Å². The van der Waals surface area contributed by atoms with E-state index in [1.165, 1.54) is 34.6 Å². The van der Waals surface area contributed by atoms with Gasteiger partial charge in [0.25, 0.3) is 5.91 Å². The summed E-state index contributed by atoms with van der Waals surface area (Å²) in [5.41, 5.74) is 1.04. The highest BCUT2D eigenvalue weighted by molar-refractivity contribution is 7.98. The molecule has 0 aliphatic heterocycles. The third-order valence-electron chi connectivity index (χ3n) is 4.12. The minimum absolute atomic E-state index is 0.144. The second-order valence-corrected chi connectivity index (χ2v) is 7.29. The number of thioether (sulfide) groups is 1. The van der Waals surface area contributed by atoms with Gasteiger partial charge in [0.15, 0.2) is 11.6 Å². The van der Waals surface area contributed by atoms with Crippen molar-refractivity contribution in [1.82, 2.24) is 30.3 Å². The fourth-order valence-corrected chi connectivity index (χ4v) is 3.62. The highest BCUT2D eigenvalue weighted by Gasteiger charge is 2.15. The minimum atomic E-state index is -0.505. The molecule has 2 aromatic heterocycles. The zero-order chi connectivity index (χ0) is 21.1. The number of carbonyl (C=O) groups is 1. The molecule has 2 heterocycles. The molecule has 152 valence electrons. The molecule has 11 heteroatoms. The summed E-state index contributed by atoms with van der Waals surface area (Å²) in [5.74, 6) is 1.09. The molecule has 1 N–H and O–H groups in total. The molecular formula is C19H16FN7O2S. The maximum atomic E-state index is 14.2. The van der Waals surface area contributed by atoms with Crippen molar-refractivity contribution in [3.63, 3.8) is 0 Å². The molecule has 0 bridgehead atoms. The van der Waals surface area contributed by atoms with Crippen LogP contribution in [0.2, 0.25) is 0 Å². The molecule has 4 aromatic rings. The van der Waals surface area contributed by atoms with Gasteiger partial charge in [0, 0.05) is 17.5 Å². The predicted molar refractivity (Wildman–Crippen MR) is 107 cm³/mol. The lowest BCUT2D eigenvalue weighted by Gasteiger charge is -2.11. The number of rotatable bonds is 6. The molecule has 4 rings (SSSR count). The van der Waals surface area contributed by atoms with Crippen LogP contribution in [-0.2, 0) is 5.75 Å². The number of amides is 1. The Kier molecular flexibility index (Phi) is 5.53. The Balaban J connectivity index is 1.54. The van der Waals surface area contributed by atoms with Gasteiger partial charge >= 0.3 is 0 Å². The first-order valence-electron chi connectivity index (χ1n) is 8.88. The van der Waals surface area contributed by atoms with Crippen molar-refractivity contribution >= 4 is 23.4 Å². The first-order chi connectivity index (χ1) is 14.5. The first-order valence-corrected chi connectivity index (χ1v) is 9.87. The van der Waals surface area contributed by atoms with E-state index in [2.05, 4.69) is 31.0 Å². The van der Waals surface area contributed by atoms with Crippen molar-refractivity contribution in [3.8, 4) is 5.69 Å². The van der Waals surface area contributed by atoms with Gasteiger partial charge in [-0.3, -0.25) is 4.79 Å². The van der Waals surface area contributed by atoms with Gasteiger partial charge in [-0.25, -0.2) is 4.39 Å². The van der Waals surface area contributed by atoms with Crippen molar-refractivity contribution in [2.24, 2.45) is 0 Å². The number of benzene rings is 2. The molecule has 0 saturated heterocycles. The summed E-state index contributed by atoms with van der Waals surface area (Å²) in [6, 6.07) is 11.4. The first kappa shape index (κ1) is 19.7. The van der Waals surface area contributed by atoms with Crippen molar-refractivity contribution in [2.75, 3.05) is 5.32 Å². The quantitative estimate of drug-likeness (QED) is 0.468. The number of aryl methyl sites for hydroxylation is 2. The van der Waals surface area contributed by atoms with Crippen molar-refractivity contribution in [3.05, 3.63) is 71.4 Å². The van der Waals surface area contributed by atoms with Crippen LogP contribution in [0.15, 0.2) is 51.9 Å². The molecule has 9 nitrogen and oxygen atoms in total. The molecule has 1 amide bonds. The van der Waals surface area contributed by atoms with E-state index in [1.807, 2.05) is 12.1 Å². The summed E-state index contributed by atoms with van der Waals surface area (Å²) in [6.07, 6.45) is 0. The molecule has 0 spiro atoms. The summed E-state index contributed by atoms with van der Waals surface area (Å²) < 4.78 is 20.5. The smallest absolute Gasteiger partial charge is 0.256 e. The van der Waals surface area contributed by atoms with Gasteiger partial charge < -0.3 is 9.84 Å². The summed E-state index contributed by atoms with van der Waals surface area (Å²) in [4.78, 5) is 17.8. The Labute approximate surface area is 174 Å². The van der Waals surface area contributed by atoms with Crippen LogP contribution < -0.4 is 5.32 Å². The van der Waals surface area contributed by atoms with E-state index >= 15 is 0 Å². The number of nitrogens with zero attached hydrogens (tertiary/aromatic N) is 6. The summed E-state index contributed by atoms with van der Waals surface area (Å²) in [7, 11) is 0. The lowest BCUT2D eigenvalue weighted by Crippen LogP contribution is -2.14. The summed E-state index contributed by atoms with van der Waals surface area (Å²) >= 11 is 1.42. The summed E-state index contributed by atoms with van der Waals surface area (Å²) in [6.45, 7) is 3.37. The zero-order valence-corrected chi connectivity index (χ0v) is 16.9. The second kappa shape index (κ2) is 8.41. The number of tetrazole rings is 1. The maximum absolute atomic E-state index is 14.2. The van der Waals surface area contributed by atoms with E-state index in [4.69, 9.17) is 4.52 Å². The van der Waals surface area contributed by atoms with Crippen LogP contribution >= 0.6 is 11.8 Å². The lowest BCUT2D eigenvalue weighted by atomic mass is 10.2. The average molecular weight is 425 g/mol. The van der Waals surface area contributed by atoms with Gasteiger partial charge in [-0.2, -0.15) is 9.67 Å². The van der Waals surface area contributed by atoms with E-state index in [9.17, 15) is 9.18 Å². The van der Waals surface area contributed by atoms with Crippen molar-refractivity contribution in [2.45, 2.75) is 24.5 Å². The predicted octanol–water partition coefficient (Wildman–Crippen LogP) is 3.35. The molecule has 0 saturated carbocycles. The Hall–Kier alpha value is -3.60. The van der Waals surface area contributed by atoms with E-state index in [-0.39, 0.29) is 11.6 Å². The van der Waals surface area contributed by atoms with Gasteiger partial charge in [-0.15, -0.1) is 16.9 Å². The van der Waals surface area contributed by atoms with Gasteiger partial charge in [0.2, 0.25) is 5.89 Å². The minimum Gasteiger partial charge on any atom is -0.340 e.